The highest BCUT2D eigenvalue weighted by molar-refractivity contribution is 5.92. The summed E-state index contributed by atoms with van der Waals surface area (Å²) in [5, 5.41) is 2.89. The van der Waals surface area contributed by atoms with Gasteiger partial charge in [0.2, 0.25) is 5.91 Å². The van der Waals surface area contributed by atoms with Gasteiger partial charge in [-0.25, -0.2) is 9.97 Å². The summed E-state index contributed by atoms with van der Waals surface area (Å²) < 4.78 is 13.9. The Morgan fingerprint density at radius 3 is 2.73 bits per heavy atom. The minimum Gasteiger partial charge on any atom is -0.457 e. The van der Waals surface area contributed by atoms with Gasteiger partial charge in [0.25, 0.3) is 0 Å². The summed E-state index contributed by atoms with van der Waals surface area (Å²) in [4.78, 5) is 20.6. The van der Waals surface area contributed by atoms with Crippen molar-refractivity contribution in [2.24, 2.45) is 5.92 Å². The van der Waals surface area contributed by atoms with Crippen molar-refractivity contribution in [3.63, 3.8) is 0 Å². The molecule has 0 spiro atoms. The monoisotopic (exact) mass is 443 g/mol. The molecular weight excluding hydrogens is 418 g/mol. The standard InChI is InChI=1S/C25H25N5O3/c1-14(2)25(31)29-16-5-4-6-19(11-16)33-18-9-7-17(8-10-18)30-20-12-32-15(3)21(20)22-23(30)24(26)28-13-27-22/h4-11,13-15H,12H2,1-3H3,(H,29,31)(H2,26,27,28). The molecule has 4 aromatic rings. The number of carbonyl (C=O) groups is 1. The maximum absolute atomic E-state index is 12.0. The van der Waals surface area contributed by atoms with Gasteiger partial charge in [-0.2, -0.15) is 0 Å². The molecule has 0 saturated heterocycles. The number of nitrogens with one attached hydrogen (secondary N) is 1. The lowest BCUT2D eigenvalue weighted by molar-refractivity contribution is -0.118. The molecule has 8 heteroatoms. The van der Waals surface area contributed by atoms with Gasteiger partial charge in [-0.05, 0) is 43.3 Å². The summed E-state index contributed by atoms with van der Waals surface area (Å²) in [7, 11) is 0. The summed E-state index contributed by atoms with van der Waals surface area (Å²) in [6.45, 7) is 6.21. The van der Waals surface area contributed by atoms with E-state index < -0.39 is 0 Å². The van der Waals surface area contributed by atoms with E-state index >= 15 is 0 Å². The first-order valence-corrected chi connectivity index (χ1v) is 10.9. The number of benzene rings is 2. The van der Waals surface area contributed by atoms with Crippen molar-refractivity contribution in [2.45, 2.75) is 33.5 Å². The van der Waals surface area contributed by atoms with Gasteiger partial charge in [-0.15, -0.1) is 0 Å². The van der Waals surface area contributed by atoms with E-state index in [0.29, 0.717) is 29.6 Å². The molecular formula is C25H25N5O3. The van der Waals surface area contributed by atoms with Crippen molar-refractivity contribution in [3.8, 4) is 17.2 Å². The van der Waals surface area contributed by atoms with E-state index in [1.54, 1.807) is 6.07 Å². The molecule has 5 rings (SSSR count). The number of amides is 1. The van der Waals surface area contributed by atoms with E-state index in [0.717, 1.165) is 28.0 Å². The predicted octanol–water partition coefficient (Wildman–Crippen LogP) is 4.98. The van der Waals surface area contributed by atoms with Crippen molar-refractivity contribution in [1.82, 2.24) is 14.5 Å². The summed E-state index contributed by atoms with van der Waals surface area (Å²) in [6.07, 6.45) is 1.44. The van der Waals surface area contributed by atoms with Gasteiger partial charge in [-0.1, -0.05) is 19.9 Å². The van der Waals surface area contributed by atoms with Crippen LogP contribution in [0.2, 0.25) is 0 Å². The van der Waals surface area contributed by atoms with Crippen LogP contribution in [0.1, 0.15) is 38.1 Å². The third kappa shape index (κ3) is 3.78. The number of fused-ring (bicyclic) bond motifs is 3. The minimum absolute atomic E-state index is 0.0375. The van der Waals surface area contributed by atoms with Crippen LogP contribution >= 0.6 is 0 Å². The van der Waals surface area contributed by atoms with Crippen LogP contribution in [0.15, 0.2) is 54.9 Å². The van der Waals surface area contributed by atoms with Crippen LogP contribution in [0.25, 0.3) is 16.7 Å². The van der Waals surface area contributed by atoms with E-state index in [9.17, 15) is 4.79 Å². The first kappa shape index (κ1) is 21.0. The van der Waals surface area contributed by atoms with Gasteiger partial charge in [0.05, 0.1) is 18.4 Å². The molecule has 0 radical (unpaired) electrons. The molecule has 33 heavy (non-hydrogen) atoms. The number of rotatable bonds is 5. The van der Waals surface area contributed by atoms with Gasteiger partial charge in [-0.3, -0.25) is 4.79 Å². The quantitative estimate of drug-likeness (QED) is 0.451. The summed E-state index contributed by atoms with van der Waals surface area (Å²) >= 11 is 0. The van der Waals surface area contributed by atoms with Gasteiger partial charge in [0.15, 0.2) is 5.82 Å². The normalized spacial score (nSPS) is 15.1. The second-order valence-electron chi connectivity index (χ2n) is 8.37. The van der Waals surface area contributed by atoms with Gasteiger partial charge in [0, 0.05) is 28.9 Å². The molecule has 168 valence electrons. The van der Waals surface area contributed by atoms with Crippen LogP contribution in [0.4, 0.5) is 11.5 Å². The van der Waals surface area contributed by atoms with Crippen LogP contribution in [0, 0.1) is 5.92 Å². The Morgan fingerprint density at radius 2 is 1.97 bits per heavy atom. The smallest absolute Gasteiger partial charge is 0.226 e. The Bertz CT molecular complexity index is 1340. The first-order chi connectivity index (χ1) is 15.9. The van der Waals surface area contributed by atoms with Crippen molar-refractivity contribution >= 4 is 28.4 Å². The topological polar surface area (TPSA) is 104 Å². The highest BCUT2D eigenvalue weighted by atomic mass is 16.5. The molecule has 0 fully saturated rings. The van der Waals surface area contributed by atoms with E-state index in [-0.39, 0.29) is 17.9 Å². The average molecular weight is 444 g/mol. The molecule has 1 unspecified atom stereocenters. The van der Waals surface area contributed by atoms with Crippen molar-refractivity contribution in [1.29, 1.82) is 0 Å². The SMILES string of the molecule is CC(C)C(=O)Nc1cccc(Oc2ccc(-n3c4c(c5ncnc(N)c53)C(C)OC4)cc2)c1. The molecule has 0 bridgehead atoms. The molecule has 0 aliphatic carbocycles. The molecule has 1 aliphatic heterocycles. The summed E-state index contributed by atoms with van der Waals surface area (Å²) in [5.74, 6) is 1.61. The largest absolute Gasteiger partial charge is 0.457 e. The van der Waals surface area contributed by atoms with Gasteiger partial charge >= 0.3 is 0 Å². The number of nitrogens with zero attached hydrogens (tertiary/aromatic N) is 3. The first-order valence-electron chi connectivity index (χ1n) is 10.9. The number of anilines is 2. The van der Waals surface area contributed by atoms with Crippen LogP contribution in [0.3, 0.4) is 0 Å². The molecule has 8 nitrogen and oxygen atoms in total. The summed E-state index contributed by atoms with van der Waals surface area (Å²) in [5.41, 5.74) is 11.6. The Hall–Kier alpha value is -3.91. The van der Waals surface area contributed by atoms with E-state index in [4.69, 9.17) is 15.2 Å². The number of hydrogen-bond acceptors (Lipinski definition) is 6. The number of ether oxygens (including phenoxy) is 2. The molecule has 1 amide bonds. The minimum atomic E-state index is -0.0961. The lowest BCUT2D eigenvalue weighted by Gasteiger charge is -2.12. The van der Waals surface area contributed by atoms with E-state index in [2.05, 4.69) is 19.9 Å². The zero-order valence-electron chi connectivity index (χ0n) is 18.7. The molecule has 1 aliphatic rings. The number of carbonyl (C=O) groups excluding carboxylic acids is 1. The Kier molecular flexibility index (Phi) is 5.22. The van der Waals surface area contributed by atoms with Gasteiger partial charge in [0.1, 0.15) is 28.9 Å². The summed E-state index contributed by atoms with van der Waals surface area (Å²) in [6, 6.07) is 15.1. The van der Waals surface area contributed by atoms with Crippen LogP contribution in [-0.2, 0) is 16.1 Å². The number of nitrogens with two attached hydrogens (primary N) is 1. The Balaban J connectivity index is 1.44. The highest BCUT2D eigenvalue weighted by Gasteiger charge is 2.30. The molecule has 2 aromatic heterocycles. The Morgan fingerprint density at radius 1 is 1.18 bits per heavy atom. The zero-order valence-corrected chi connectivity index (χ0v) is 18.7. The fourth-order valence-corrected chi connectivity index (χ4v) is 4.07. The molecule has 3 heterocycles. The van der Waals surface area contributed by atoms with Crippen LogP contribution in [-0.4, -0.2) is 20.4 Å². The number of nitrogen functional groups attached to an aromatic ring is 1. The molecule has 0 saturated carbocycles. The maximum Gasteiger partial charge on any atom is 0.226 e. The second-order valence-corrected chi connectivity index (χ2v) is 8.37. The number of hydrogen-bond donors (Lipinski definition) is 2. The fraction of sp³-hybridized carbons (Fsp3) is 0.240. The lowest BCUT2D eigenvalue weighted by atomic mass is 10.1. The highest BCUT2D eigenvalue weighted by Crippen LogP contribution is 2.40. The molecule has 3 N–H and O–H groups in total. The average Bonchev–Trinajstić information content (AvgIpc) is 3.33. The van der Waals surface area contributed by atoms with Crippen LogP contribution in [0.5, 0.6) is 11.5 Å². The maximum atomic E-state index is 12.0. The van der Waals surface area contributed by atoms with E-state index in [1.165, 1.54) is 6.33 Å². The lowest BCUT2D eigenvalue weighted by Crippen LogP contribution is -2.17. The van der Waals surface area contributed by atoms with Crippen molar-refractivity contribution in [3.05, 3.63) is 66.1 Å². The van der Waals surface area contributed by atoms with E-state index in [1.807, 2.05) is 63.2 Å². The van der Waals surface area contributed by atoms with Crippen LogP contribution < -0.4 is 15.8 Å². The zero-order chi connectivity index (χ0) is 23.1. The molecule has 1 atom stereocenters. The van der Waals surface area contributed by atoms with Crippen molar-refractivity contribution in [2.75, 3.05) is 11.1 Å². The molecule has 2 aromatic carbocycles. The third-order valence-electron chi connectivity index (χ3n) is 5.74. The number of aromatic nitrogens is 3. The van der Waals surface area contributed by atoms with Gasteiger partial charge < -0.3 is 25.1 Å². The fourth-order valence-electron chi connectivity index (χ4n) is 4.07. The second kappa shape index (κ2) is 8.22. The third-order valence-corrected chi connectivity index (χ3v) is 5.74. The predicted molar refractivity (Wildman–Crippen MR) is 126 cm³/mol. The Labute approximate surface area is 191 Å². The van der Waals surface area contributed by atoms with Crippen molar-refractivity contribution < 1.29 is 14.3 Å².